The number of carbonyl (C=O) groups is 4. The summed E-state index contributed by atoms with van der Waals surface area (Å²) in [6.45, 7) is 0. The highest BCUT2D eigenvalue weighted by molar-refractivity contribution is 6.41. The van der Waals surface area contributed by atoms with Crippen LogP contribution in [-0.2, 0) is 4.74 Å². The zero-order valence-corrected chi connectivity index (χ0v) is 19.9. The first kappa shape index (κ1) is 22.6. The second-order valence-corrected chi connectivity index (χ2v) is 9.05. The maximum Gasteiger partial charge on any atom is 0.197 e. The lowest BCUT2D eigenvalue weighted by atomic mass is 10.0. The molecule has 0 fully saturated rings. The Balaban J connectivity index is 1.28. The summed E-state index contributed by atoms with van der Waals surface area (Å²) in [5.74, 6) is -0.895. The largest absolute Gasteiger partial charge is 0.501 e. The average Bonchev–Trinajstić information content (AvgIpc) is 3.29. The van der Waals surface area contributed by atoms with E-state index < -0.39 is 0 Å². The Morgan fingerprint density at radius 2 is 1.00 bits per heavy atom. The van der Waals surface area contributed by atoms with Gasteiger partial charge in [0.05, 0.1) is 24.0 Å². The zero-order chi connectivity index (χ0) is 25.7. The van der Waals surface area contributed by atoms with E-state index in [1.165, 1.54) is 13.2 Å². The Kier molecular flexibility index (Phi) is 5.27. The van der Waals surface area contributed by atoms with E-state index >= 15 is 0 Å². The first-order valence-electron chi connectivity index (χ1n) is 11.9. The van der Waals surface area contributed by atoms with Gasteiger partial charge in [-0.05, 0) is 58.0 Å². The molecule has 4 aromatic carbocycles. The number of carbonyl (C=O) groups excluding carboxylic acids is 4. The number of hydrogen-bond acceptors (Lipinski definition) is 5. The Labute approximate surface area is 212 Å². The molecule has 0 N–H and O–H groups in total. The van der Waals surface area contributed by atoms with Crippen molar-refractivity contribution in [3.63, 3.8) is 0 Å². The van der Waals surface area contributed by atoms with Crippen molar-refractivity contribution in [1.29, 1.82) is 0 Å². The first-order valence-corrected chi connectivity index (χ1v) is 11.9. The number of hydrogen-bond donors (Lipinski definition) is 0. The van der Waals surface area contributed by atoms with Crippen LogP contribution in [0.15, 0.2) is 108 Å². The van der Waals surface area contributed by atoms with Crippen molar-refractivity contribution in [3.05, 3.63) is 130 Å². The molecule has 178 valence electrons. The molecule has 5 heteroatoms. The standard InChI is InChI=1S/C32H20O5/c1-37-22(10-12-23-29(33)25-14-18-6-2-3-7-19(18)15-26(25)30(23)34)11-13-24-31(35)27-16-20-8-4-5-9-21(20)17-28(27)32(24)36/h2-10,12-17H,11H2,1H3. The first-order chi connectivity index (χ1) is 18.0. The van der Waals surface area contributed by atoms with Gasteiger partial charge < -0.3 is 4.74 Å². The van der Waals surface area contributed by atoms with Gasteiger partial charge in [0.25, 0.3) is 0 Å². The lowest BCUT2D eigenvalue weighted by molar-refractivity contribution is 0.0973. The predicted molar refractivity (Wildman–Crippen MR) is 141 cm³/mol. The van der Waals surface area contributed by atoms with E-state index in [0.29, 0.717) is 28.0 Å². The molecule has 0 atom stereocenters. The Bertz CT molecular complexity index is 1690. The molecule has 0 spiro atoms. The number of ketones is 4. The van der Waals surface area contributed by atoms with Gasteiger partial charge in [0.15, 0.2) is 23.1 Å². The van der Waals surface area contributed by atoms with E-state index in [1.807, 2.05) is 48.5 Å². The fraction of sp³-hybridized carbons (Fsp3) is 0.0625. The van der Waals surface area contributed by atoms with Gasteiger partial charge in [-0.3, -0.25) is 19.2 Å². The third-order valence-electron chi connectivity index (χ3n) is 6.93. The van der Waals surface area contributed by atoms with Gasteiger partial charge >= 0.3 is 0 Å². The fourth-order valence-electron chi connectivity index (χ4n) is 4.95. The molecule has 0 bridgehead atoms. The fourth-order valence-corrected chi connectivity index (χ4v) is 4.95. The summed E-state index contributed by atoms with van der Waals surface area (Å²) < 4.78 is 5.42. The summed E-state index contributed by atoms with van der Waals surface area (Å²) in [4.78, 5) is 51.9. The van der Waals surface area contributed by atoms with Crippen molar-refractivity contribution in [2.45, 2.75) is 6.42 Å². The highest BCUT2D eigenvalue weighted by Crippen LogP contribution is 2.32. The molecule has 0 unspecified atom stereocenters. The minimum Gasteiger partial charge on any atom is -0.501 e. The van der Waals surface area contributed by atoms with Gasteiger partial charge in [-0.2, -0.15) is 0 Å². The molecule has 0 aliphatic heterocycles. The van der Waals surface area contributed by atoms with Crippen molar-refractivity contribution in [1.82, 2.24) is 0 Å². The van der Waals surface area contributed by atoms with Gasteiger partial charge in [-0.15, -0.1) is 0 Å². The quantitative estimate of drug-likeness (QED) is 0.195. The van der Waals surface area contributed by atoms with Crippen molar-refractivity contribution < 1.29 is 23.9 Å². The van der Waals surface area contributed by atoms with E-state index in [0.717, 1.165) is 21.5 Å². The van der Waals surface area contributed by atoms with Crippen LogP contribution in [0.25, 0.3) is 21.5 Å². The number of methoxy groups -OCH3 is 1. The maximum absolute atomic E-state index is 13.0. The van der Waals surface area contributed by atoms with Crippen molar-refractivity contribution in [2.24, 2.45) is 0 Å². The second-order valence-electron chi connectivity index (χ2n) is 9.05. The van der Waals surface area contributed by atoms with Crippen LogP contribution >= 0.6 is 0 Å². The van der Waals surface area contributed by atoms with Crippen LogP contribution in [0.5, 0.6) is 0 Å². The van der Waals surface area contributed by atoms with Crippen LogP contribution in [0, 0.1) is 0 Å². The smallest absolute Gasteiger partial charge is 0.197 e. The number of Topliss-reactive ketones (excluding diaryl/α,β-unsaturated/α-hetero) is 4. The molecule has 37 heavy (non-hydrogen) atoms. The molecule has 0 saturated heterocycles. The van der Waals surface area contributed by atoms with Crippen LogP contribution < -0.4 is 0 Å². The van der Waals surface area contributed by atoms with E-state index in [9.17, 15) is 19.2 Å². The van der Waals surface area contributed by atoms with Crippen LogP contribution in [0.1, 0.15) is 47.9 Å². The number of fused-ring (bicyclic) bond motifs is 4. The van der Waals surface area contributed by atoms with Crippen molar-refractivity contribution in [2.75, 3.05) is 7.11 Å². The predicted octanol–water partition coefficient (Wildman–Crippen LogP) is 6.22. The molecule has 0 heterocycles. The number of allylic oxidation sites excluding steroid dienone is 5. The Hall–Kier alpha value is -4.90. The van der Waals surface area contributed by atoms with E-state index in [1.54, 1.807) is 36.4 Å². The maximum atomic E-state index is 13.0. The summed E-state index contributed by atoms with van der Waals surface area (Å²) in [6.07, 6.45) is 4.69. The molecule has 0 saturated carbocycles. The topological polar surface area (TPSA) is 77.5 Å². The summed E-state index contributed by atoms with van der Waals surface area (Å²) >= 11 is 0. The zero-order valence-electron chi connectivity index (χ0n) is 19.9. The summed E-state index contributed by atoms with van der Waals surface area (Å²) in [6, 6.07) is 22.1. The van der Waals surface area contributed by atoms with Crippen molar-refractivity contribution in [3.8, 4) is 0 Å². The molecule has 0 radical (unpaired) electrons. The average molecular weight is 485 g/mol. The molecule has 0 amide bonds. The third-order valence-corrected chi connectivity index (χ3v) is 6.93. The number of benzene rings is 4. The summed E-state index contributed by atoms with van der Waals surface area (Å²) in [5.41, 5.74) is 1.71. The highest BCUT2D eigenvalue weighted by atomic mass is 16.5. The molecule has 4 aromatic rings. The van der Waals surface area contributed by atoms with E-state index in [4.69, 9.17) is 4.74 Å². The highest BCUT2D eigenvalue weighted by Gasteiger charge is 2.34. The van der Waals surface area contributed by atoms with Crippen LogP contribution in [0.4, 0.5) is 0 Å². The van der Waals surface area contributed by atoms with Crippen LogP contribution in [-0.4, -0.2) is 30.2 Å². The summed E-state index contributed by atoms with van der Waals surface area (Å²) in [7, 11) is 1.46. The SMILES string of the molecule is COC(=CC=C1C(=O)c2cc3ccccc3cc2C1=O)CC=C1C(=O)c2cc3ccccc3cc2C1=O. The Morgan fingerprint density at radius 1 is 0.622 bits per heavy atom. The lowest BCUT2D eigenvalue weighted by Crippen LogP contribution is -2.01. The van der Waals surface area contributed by atoms with Crippen LogP contribution in [0.3, 0.4) is 0 Å². The van der Waals surface area contributed by atoms with Gasteiger partial charge in [0.1, 0.15) is 0 Å². The van der Waals surface area contributed by atoms with E-state index in [-0.39, 0.29) is 40.7 Å². The molecule has 5 nitrogen and oxygen atoms in total. The molecular formula is C32H20O5. The molecule has 6 rings (SSSR count). The molecule has 2 aliphatic carbocycles. The van der Waals surface area contributed by atoms with Gasteiger partial charge in [0, 0.05) is 28.7 Å². The second kappa shape index (κ2) is 8.64. The van der Waals surface area contributed by atoms with Crippen LogP contribution in [0.2, 0.25) is 0 Å². The number of ether oxygens (including phenoxy) is 1. The molecular weight excluding hydrogens is 464 g/mol. The third kappa shape index (κ3) is 3.64. The van der Waals surface area contributed by atoms with Gasteiger partial charge in [0.2, 0.25) is 0 Å². The lowest BCUT2D eigenvalue weighted by Gasteiger charge is -2.02. The van der Waals surface area contributed by atoms with Gasteiger partial charge in [-0.1, -0.05) is 54.6 Å². The monoisotopic (exact) mass is 484 g/mol. The minimum absolute atomic E-state index is 0.0552. The Morgan fingerprint density at radius 3 is 1.38 bits per heavy atom. The number of rotatable bonds is 4. The normalized spacial score (nSPS) is 15.0. The van der Waals surface area contributed by atoms with E-state index in [2.05, 4.69) is 0 Å². The summed E-state index contributed by atoms with van der Waals surface area (Å²) in [5, 5.41) is 3.58. The van der Waals surface area contributed by atoms with Crippen molar-refractivity contribution >= 4 is 44.7 Å². The minimum atomic E-state index is -0.334. The molecule has 0 aromatic heterocycles. The molecule has 2 aliphatic rings. The van der Waals surface area contributed by atoms with Gasteiger partial charge in [-0.25, -0.2) is 0 Å².